The van der Waals surface area contributed by atoms with Crippen molar-refractivity contribution in [3.05, 3.63) is 22.4 Å². The van der Waals surface area contributed by atoms with E-state index in [4.69, 9.17) is 4.74 Å². The second kappa shape index (κ2) is 9.53. The van der Waals surface area contributed by atoms with Crippen LogP contribution in [-0.2, 0) is 16.0 Å². The van der Waals surface area contributed by atoms with Crippen molar-refractivity contribution in [1.82, 2.24) is 5.32 Å². The second-order valence-electron chi connectivity index (χ2n) is 4.12. The molecule has 1 heterocycles. The number of ether oxygens (including phenoxy) is 1. The first kappa shape index (κ1) is 15.7. The molecule has 102 valence electrons. The van der Waals surface area contributed by atoms with Crippen LogP contribution >= 0.6 is 27.3 Å². The Hall–Kier alpha value is -0.390. The minimum atomic E-state index is 0.142. The van der Waals surface area contributed by atoms with E-state index < -0.39 is 0 Å². The number of nitrogens with one attached hydrogen (secondary N) is 1. The van der Waals surface area contributed by atoms with Crippen molar-refractivity contribution in [3.63, 3.8) is 0 Å². The maximum Gasteiger partial charge on any atom is 0.220 e. The summed E-state index contributed by atoms with van der Waals surface area (Å²) in [4.78, 5) is 13.2. The van der Waals surface area contributed by atoms with Crippen LogP contribution in [0.4, 0.5) is 0 Å². The van der Waals surface area contributed by atoms with E-state index in [0.717, 1.165) is 19.3 Å². The van der Waals surface area contributed by atoms with Gasteiger partial charge in [0.05, 0.1) is 6.61 Å². The quantitative estimate of drug-likeness (QED) is 0.705. The van der Waals surface area contributed by atoms with Crippen LogP contribution < -0.4 is 5.32 Å². The Bertz CT molecular complexity index is 330. The highest BCUT2D eigenvalue weighted by molar-refractivity contribution is 9.09. The van der Waals surface area contributed by atoms with E-state index in [0.29, 0.717) is 24.4 Å². The summed E-state index contributed by atoms with van der Waals surface area (Å²) in [7, 11) is 1.68. The summed E-state index contributed by atoms with van der Waals surface area (Å²) >= 11 is 5.24. The van der Waals surface area contributed by atoms with E-state index in [1.54, 1.807) is 18.4 Å². The van der Waals surface area contributed by atoms with Crippen LogP contribution in [0.15, 0.2) is 17.5 Å². The summed E-state index contributed by atoms with van der Waals surface area (Å²) < 4.78 is 5.01. The van der Waals surface area contributed by atoms with E-state index in [1.165, 1.54) is 4.88 Å². The summed E-state index contributed by atoms with van der Waals surface area (Å²) in [5.74, 6) is 0.142. The van der Waals surface area contributed by atoms with Crippen molar-refractivity contribution >= 4 is 33.2 Å². The van der Waals surface area contributed by atoms with Gasteiger partial charge in [0.2, 0.25) is 5.91 Å². The minimum Gasteiger partial charge on any atom is -0.384 e. The van der Waals surface area contributed by atoms with Crippen LogP contribution in [0, 0.1) is 0 Å². The topological polar surface area (TPSA) is 38.3 Å². The van der Waals surface area contributed by atoms with Crippen molar-refractivity contribution < 1.29 is 9.53 Å². The second-order valence-corrected chi connectivity index (χ2v) is 6.45. The molecule has 0 spiro atoms. The molecular formula is C13H20BrNO2S. The van der Waals surface area contributed by atoms with E-state index >= 15 is 0 Å². The Morgan fingerprint density at radius 1 is 1.61 bits per heavy atom. The lowest BCUT2D eigenvalue weighted by Crippen LogP contribution is -2.26. The standard InChI is InChI=1S/C13H20BrNO2S/c1-17-10-11(14)7-8-15-13(16)6-2-4-12-5-3-9-18-12/h3,5,9,11H,2,4,6-8,10H2,1H3,(H,15,16). The highest BCUT2D eigenvalue weighted by atomic mass is 79.9. The molecule has 1 amide bonds. The number of hydrogen-bond acceptors (Lipinski definition) is 3. The van der Waals surface area contributed by atoms with Gasteiger partial charge in [-0.25, -0.2) is 0 Å². The molecule has 0 radical (unpaired) electrons. The molecule has 0 saturated carbocycles. The van der Waals surface area contributed by atoms with E-state index in [-0.39, 0.29) is 5.91 Å². The third-order valence-electron chi connectivity index (χ3n) is 2.53. The van der Waals surface area contributed by atoms with E-state index in [1.807, 2.05) is 6.07 Å². The lowest BCUT2D eigenvalue weighted by Gasteiger charge is -2.09. The Morgan fingerprint density at radius 3 is 3.11 bits per heavy atom. The molecule has 1 aromatic heterocycles. The summed E-state index contributed by atoms with van der Waals surface area (Å²) in [5.41, 5.74) is 0. The lowest BCUT2D eigenvalue weighted by atomic mass is 10.2. The lowest BCUT2D eigenvalue weighted by molar-refractivity contribution is -0.121. The van der Waals surface area contributed by atoms with E-state index in [2.05, 4.69) is 32.7 Å². The molecule has 5 heteroatoms. The fourth-order valence-corrected chi connectivity index (χ4v) is 2.84. The molecule has 1 N–H and O–H groups in total. The number of rotatable bonds is 9. The van der Waals surface area contributed by atoms with Crippen LogP contribution in [0.5, 0.6) is 0 Å². The fourth-order valence-electron chi connectivity index (χ4n) is 1.60. The van der Waals surface area contributed by atoms with Crippen molar-refractivity contribution in [2.75, 3.05) is 20.3 Å². The van der Waals surface area contributed by atoms with Gasteiger partial charge >= 0.3 is 0 Å². The molecule has 0 saturated heterocycles. The zero-order chi connectivity index (χ0) is 13.2. The largest absolute Gasteiger partial charge is 0.384 e. The van der Waals surface area contributed by atoms with E-state index in [9.17, 15) is 4.79 Å². The smallest absolute Gasteiger partial charge is 0.220 e. The molecule has 3 nitrogen and oxygen atoms in total. The molecule has 0 aliphatic heterocycles. The van der Waals surface area contributed by atoms with Crippen LogP contribution in [0.3, 0.4) is 0 Å². The predicted octanol–water partition coefficient (Wildman–Crippen LogP) is 2.99. The Morgan fingerprint density at radius 2 is 2.44 bits per heavy atom. The van der Waals surface area contributed by atoms with Crippen LogP contribution in [0.2, 0.25) is 0 Å². The number of carbonyl (C=O) groups is 1. The summed E-state index contributed by atoms with van der Waals surface area (Å²) in [6.45, 7) is 1.38. The average molecular weight is 334 g/mol. The van der Waals surface area contributed by atoms with Crippen LogP contribution in [0.25, 0.3) is 0 Å². The highest BCUT2D eigenvalue weighted by Gasteiger charge is 2.05. The van der Waals surface area contributed by atoms with Crippen molar-refractivity contribution in [3.8, 4) is 0 Å². The molecule has 1 rings (SSSR count). The monoisotopic (exact) mass is 333 g/mol. The van der Waals surface area contributed by atoms with Crippen molar-refractivity contribution in [1.29, 1.82) is 0 Å². The Labute approximate surface area is 121 Å². The molecular weight excluding hydrogens is 314 g/mol. The highest BCUT2D eigenvalue weighted by Crippen LogP contribution is 2.11. The van der Waals surface area contributed by atoms with Gasteiger partial charge in [-0.3, -0.25) is 4.79 Å². The third kappa shape index (κ3) is 7.13. The van der Waals surface area contributed by atoms with Gasteiger partial charge in [-0.15, -0.1) is 11.3 Å². The van der Waals surface area contributed by atoms with Crippen LogP contribution in [0.1, 0.15) is 24.1 Å². The molecule has 0 fully saturated rings. The normalized spacial score (nSPS) is 12.3. The number of hydrogen-bond donors (Lipinski definition) is 1. The molecule has 0 aliphatic carbocycles. The number of halogens is 1. The Kier molecular flexibility index (Phi) is 8.29. The maximum atomic E-state index is 11.6. The van der Waals surface area contributed by atoms with Gasteiger partial charge in [-0.2, -0.15) is 0 Å². The molecule has 0 aromatic carbocycles. The number of methoxy groups -OCH3 is 1. The average Bonchev–Trinajstić information content (AvgIpc) is 2.82. The molecule has 0 bridgehead atoms. The molecule has 1 aromatic rings. The molecule has 0 aliphatic rings. The summed E-state index contributed by atoms with van der Waals surface area (Å²) in [5, 5.41) is 5.00. The number of alkyl halides is 1. The van der Waals surface area contributed by atoms with Gasteiger partial charge < -0.3 is 10.1 Å². The zero-order valence-electron chi connectivity index (χ0n) is 10.7. The van der Waals surface area contributed by atoms with Gasteiger partial charge in [0.25, 0.3) is 0 Å². The first-order valence-electron chi connectivity index (χ1n) is 6.14. The summed E-state index contributed by atoms with van der Waals surface area (Å²) in [6, 6.07) is 4.16. The maximum absolute atomic E-state index is 11.6. The number of carbonyl (C=O) groups excluding carboxylic acids is 1. The number of thiophene rings is 1. The molecule has 18 heavy (non-hydrogen) atoms. The van der Waals surface area contributed by atoms with Gasteiger partial charge in [-0.05, 0) is 30.7 Å². The van der Waals surface area contributed by atoms with Crippen LogP contribution in [-0.4, -0.2) is 31.0 Å². The first-order valence-corrected chi connectivity index (χ1v) is 7.94. The van der Waals surface area contributed by atoms with Gasteiger partial charge in [0.1, 0.15) is 0 Å². The zero-order valence-corrected chi connectivity index (χ0v) is 13.1. The van der Waals surface area contributed by atoms with Crippen molar-refractivity contribution in [2.24, 2.45) is 0 Å². The number of amides is 1. The fraction of sp³-hybridized carbons (Fsp3) is 0.615. The summed E-state index contributed by atoms with van der Waals surface area (Å²) in [6.07, 6.45) is 3.41. The minimum absolute atomic E-state index is 0.142. The van der Waals surface area contributed by atoms with Gasteiger partial charge in [0.15, 0.2) is 0 Å². The first-order chi connectivity index (χ1) is 8.72. The van der Waals surface area contributed by atoms with Gasteiger partial charge in [-0.1, -0.05) is 22.0 Å². The SMILES string of the molecule is COCC(Br)CCNC(=O)CCCc1cccs1. The molecule has 1 unspecified atom stereocenters. The number of aryl methyl sites for hydroxylation is 1. The van der Waals surface area contributed by atoms with Gasteiger partial charge in [0, 0.05) is 29.8 Å². The predicted molar refractivity (Wildman–Crippen MR) is 79.5 cm³/mol. The third-order valence-corrected chi connectivity index (χ3v) is 4.19. The Balaban J connectivity index is 2.00. The molecule has 1 atom stereocenters. The van der Waals surface area contributed by atoms with Crippen molar-refractivity contribution in [2.45, 2.75) is 30.5 Å².